The number of aromatic nitrogens is 9. The van der Waals surface area contributed by atoms with E-state index in [4.69, 9.17) is 5.11 Å². The molecule has 8 rings (SSSR count). The normalized spacial score (nSPS) is 15.2. The van der Waals surface area contributed by atoms with Crippen molar-refractivity contribution in [3.8, 4) is 0 Å². The van der Waals surface area contributed by atoms with Crippen molar-refractivity contribution < 1.29 is 5.11 Å². The fourth-order valence-electron chi connectivity index (χ4n) is 5.64. The number of hydrogen-bond donors (Lipinski definition) is 4. The predicted octanol–water partition coefficient (Wildman–Crippen LogP) is 1.27. The number of hydrogen-bond acceptors (Lipinski definition) is 17. The van der Waals surface area contributed by atoms with Gasteiger partial charge in [0.25, 0.3) is 16.7 Å². The summed E-state index contributed by atoms with van der Waals surface area (Å²) >= 11 is 3.96. The van der Waals surface area contributed by atoms with E-state index < -0.39 is 0 Å². The fourth-order valence-corrected chi connectivity index (χ4v) is 8.39. The van der Waals surface area contributed by atoms with Crippen molar-refractivity contribution in [1.82, 2.24) is 63.3 Å². The van der Waals surface area contributed by atoms with Gasteiger partial charge in [-0.15, -0.1) is 15.3 Å². The zero-order valence-electron chi connectivity index (χ0n) is 30.4. The van der Waals surface area contributed by atoms with Crippen LogP contribution in [0.3, 0.4) is 0 Å². The first-order chi connectivity index (χ1) is 25.0. The largest absolute Gasteiger partial charge is 0.400 e. The summed E-state index contributed by atoms with van der Waals surface area (Å²) in [5.41, 5.74) is 5.08. The Labute approximate surface area is 311 Å². The molecule has 17 nitrogen and oxygen atoms in total. The van der Waals surface area contributed by atoms with Gasteiger partial charge in [-0.3, -0.25) is 28.6 Å². The molecule has 6 aromatic rings. The molecule has 2 aliphatic heterocycles. The third-order valence-corrected chi connectivity index (χ3v) is 11.8. The Balaban J connectivity index is 0.000000212. The molecular weight excluding hydrogens is 727 g/mol. The Kier molecular flexibility index (Phi) is 13.4. The lowest BCUT2D eigenvalue weighted by molar-refractivity contribution is 0.0913. The van der Waals surface area contributed by atoms with E-state index in [0.29, 0.717) is 44.0 Å². The smallest absolute Gasteiger partial charge is 0.271 e. The molecule has 0 amide bonds. The standard InChI is InChI=1S/C20H24N8O2S2.C7H7N3OS.C4H10N2.CH4O/c1-11-13(3)21-23-17-15(11)19(29)27(31-17)9-25-5-7-26(8-6-25)10-28-20(30)16-12(2)14(4)22-24-18(16)32-28;1-3-4(2)8-9-7-5(3)6(11)10-12-7;1-2-6-4-3-5-1;1-2/h5-10H2,1-4H3;1-2H3,(H,10,11);5-6H,1-4H2;2H,1H3. The molecule has 8 heterocycles. The maximum Gasteiger partial charge on any atom is 0.271 e. The number of H-pyrrole nitrogens is 1. The van der Waals surface area contributed by atoms with Crippen LogP contribution in [0.2, 0.25) is 0 Å². The Bertz CT molecular complexity index is 2190. The SMILES string of the molecule is C1CNCCN1.CO.Cc1nnc2s[nH]c(=O)c2c1C.Cc1nnc2sn(CN3CCN(Cn4sc5nnc(C)c(C)c5c4=O)CC3)c(=O)c2c1C. The zero-order valence-corrected chi connectivity index (χ0v) is 32.9. The van der Waals surface area contributed by atoms with E-state index >= 15 is 0 Å². The average Bonchev–Trinajstić information content (AvgIpc) is 3.81. The summed E-state index contributed by atoms with van der Waals surface area (Å²) in [6.07, 6.45) is 0. The number of aliphatic hydroxyl groups excluding tert-OH is 1. The van der Waals surface area contributed by atoms with Gasteiger partial charge in [-0.2, -0.15) is 15.3 Å². The quantitative estimate of drug-likeness (QED) is 0.199. The third-order valence-electron chi connectivity index (χ3n) is 9.09. The van der Waals surface area contributed by atoms with Crippen LogP contribution in [0.5, 0.6) is 0 Å². The van der Waals surface area contributed by atoms with E-state index in [1.165, 1.54) is 34.6 Å². The van der Waals surface area contributed by atoms with Crippen LogP contribution >= 0.6 is 34.6 Å². The minimum atomic E-state index is -0.0644. The number of aliphatic hydroxyl groups is 1. The molecule has 0 unspecified atom stereocenters. The molecule has 2 aliphatic rings. The second-order valence-electron chi connectivity index (χ2n) is 12.4. The molecule has 0 saturated carbocycles. The fraction of sp³-hybridized carbons (Fsp3) is 0.531. The number of nitrogens with one attached hydrogen (secondary N) is 3. The van der Waals surface area contributed by atoms with Crippen LogP contribution in [0.15, 0.2) is 14.4 Å². The average molecular weight is 772 g/mol. The van der Waals surface area contributed by atoms with Gasteiger partial charge in [0.15, 0.2) is 14.5 Å². The monoisotopic (exact) mass is 771 g/mol. The Hall–Kier alpha value is -3.89. The van der Waals surface area contributed by atoms with E-state index in [-0.39, 0.29) is 16.7 Å². The lowest BCUT2D eigenvalue weighted by Gasteiger charge is -2.34. The highest BCUT2D eigenvalue weighted by molar-refractivity contribution is 7.13. The van der Waals surface area contributed by atoms with Crippen LogP contribution < -0.4 is 27.3 Å². The van der Waals surface area contributed by atoms with Crippen LogP contribution in [-0.4, -0.2) is 117 Å². The summed E-state index contributed by atoms with van der Waals surface area (Å²) in [4.78, 5) is 43.6. The summed E-state index contributed by atoms with van der Waals surface area (Å²) in [6.45, 7) is 20.3. The molecule has 280 valence electrons. The van der Waals surface area contributed by atoms with Gasteiger partial charge in [-0.25, -0.2) is 7.91 Å². The van der Waals surface area contributed by atoms with E-state index in [0.717, 1.165) is 93.2 Å². The molecule has 4 N–H and O–H groups in total. The van der Waals surface area contributed by atoms with Gasteiger partial charge in [0.1, 0.15) is 0 Å². The highest BCUT2D eigenvalue weighted by atomic mass is 32.1. The molecule has 0 spiro atoms. The van der Waals surface area contributed by atoms with Gasteiger partial charge in [-0.1, -0.05) is 0 Å². The third kappa shape index (κ3) is 8.66. The lowest BCUT2D eigenvalue weighted by atomic mass is 10.2. The molecule has 52 heavy (non-hydrogen) atoms. The van der Waals surface area contributed by atoms with Gasteiger partial charge in [-0.05, 0) is 92.8 Å². The van der Waals surface area contributed by atoms with Crippen molar-refractivity contribution in [2.45, 2.75) is 54.9 Å². The molecule has 20 heteroatoms. The Morgan fingerprint density at radius 1 is 0.558 bits per heavy atom. The molecular formula is C32H45N13O4S3. The number of aromatic amines is 1. The highest BCUT2D eigenvalue weighted by Gasteiger charge is 2.22. The number of fused-ring (bicyclic) bond motifs is 3. The molecule has 2 fully saturated rings. The number of nitrogens with zero attached hydrogens (tertiary/aromatic N) is 10. The Morgan fingerprint density at radius 3 is 1.31 bits per heavy atom. The molecule has 0 aromatic carbocycles. The van der Waals surface area contributed by atoms with Crippen molar-refractivity contribution >= 4 is 65.2 Å². The zero-order chi connectivity index (χ0) is 37.5. The number of aryl methyl sites for hydroxylation is 6. The molecule has 0 aliphatic carbocycles. The summed E-state index contributed by atoms with van der Waals surface area (Å²) in [5, 5.41) is 40.0. The van der Waals surface area contributed by atoms with E-state index in [1.54, 1.807) is 7.91 Å². The maximum atomic E-state index is 12.9. The van der Waals surface area contributed by atoms with Crippen molar-refractivity contribution in [2.75, 3.05) is 59.5 Å². The first-order valence-electron chi connectivity index (χ1n) is 16.8. The predicted molar refractivity (Wildman–Crippen MR) is 207 cm³/mol. The first-order valence-corrected chi connectivity index (χ1v) is 19.2. The number of rotatable bonds is 4. The van der Waals surface area contributed by atoms with Crippen LogP contribution in [-0.2, 0) is 13.3 Å². The molecule has 6 aromatic heterocycles. The molecule has 2 saturated heterocycles. The topological polar surface area (TPSA) is 205 Å². The van der Waals surface area contributed by atoms with Gasteiger partial charge >= 0.3 is 0 Å². The minimum Gasteiger partial charge on any atom is -0.400 e. The summed E-state index contributed by atoms with van der Waals surface area (Å²) in [5.74, 6) is 0. The Morgan fingerprint density at radius 2 is 0.923 bits per heavy atom. The van der Waals surface area contributed by atoms with Gasteiger partial charge in [0.05, 0.1) is 46.6 Å². The van der Waals surface area contributed by atoms with Crippen LogP contribution in [0, 0.1) is 41.5 Å². The first kappa shape index (κ1) is 39.3. The summed E-state index contributed by atoms with van der Waals surface area (Å²) in [7, 11) is 1.00. The van der Waals surface area contributed by atoms with E-state index in [1.807, 2.05) is 41.5 Å². The van der Waals surface area contributed by atoms with E-state index in [2.05, 4.69) is 55.4 Å². The van der Waals surface area contributed by atoms with Crippen molar-refractivity contribution in [3.05, 3.63) is 64.8 Å². The van der Waals surface area contributed by atoms with Crippen LogP contribution in [0.1, 0.15) is 33.8 Å². The summed E-state index contributed by atoms with van der Waals surface area (Å²) in [6, 6.07) is 0. The van der Waals surface area contributed by atoms with Gasteiger partial charge < -0.3 is 15.7 Å². The highest BCUT2D eigenvalue weighted by Crippen LogP contribution is 2.21. The van der Waals surface area contributed by atoms with Crippen LogP contribution in [0.4, 0.5) is 0 Å². The maximum absolute atomic E-state index is 12.9. The van der Waals surface area contributed by atoms with Gasteiger partial charge in [0.2, 0.25) is 0 Å². The van der Waals surface area contributed by atoms with Gasteiger partial charge in [0, 0.05) is 59.5 Å². The molecule has 0 bridgehead atoms. The molecule has 0 atom stereocenters. The molecule has 0 radical (unpaired) electrons. The second kappa shape index (κ2) is 17.8. The van der Waals surface area contributed by atoms with Crippen molar-refractivity contribution in [1.29, 1.82) is 0 Å². The summed E-state index contributed by atoms with van der Waals surface area (Å²) < 4.78 is 6.16. The second-order valence-corrected chi connectivity index (χ2v) is 15.2. The van der Waals surface area contributed by atoms with Crippen molar-refractivity contribution in [3.63, 3.8) is 0 Å². The van der Waals surface area contributed by atoms with Crippen LogP contribution in [0.25, 0.3) is 30.6 Å². The van der Waals surface area contributed by atoms with Crippen molar-refractivity contribution in [2.24, 2.45) is 0 Å². The number of piperazine rings is 2. The lowest BCUT2D eigenvalue weighted by Crippen LogP contribution is -2.48. The minimum absolute atomic E-state index is 0.00605. The van der Waals surface area contributed by atoms with E-state index in [9.17, 15) is 14.4 Å².